The topological polar surface area (TPSA) is 102 Å². The Morgan fingerprint density at radius 2 is 1.92 bits per heavy atom. The van der Waals surface area contributed by atoms with Crippen LogP contribution in [0, 0.1) is 11.3 Å². The Hall–Kier alpha value is -2.88. The Morgan fingerprint density at radius 3 is 2.48 bits per heavy atom. The lowest BCUT2D eigenvalue weighted by atomic mass is 9.74. The van der Waals surface area contributed by atoms with Gasteiger partial charge in [-0.1, -0.05) is 30.3 Å². The van der Waals surface area contributed by atoms with E-state index in [2.05, 4.69) is 16.7 Å². The first-order chi connectivity index (χ1) is 12.0. The fourth-order valence-electron chi connectivity index (χ4n) is 3.45. The van der Waals surface area contributed by atoms with Gasteiger partial charge in [0, 0.05) is 19.5 Å². The van der Waals surface area contributed by atoms with Crippen molar-refractivity contribution in [3.8, 4) is 6.07 Å². The second kappa shape index (κ2) is 6.93. The number of piperidine rings is 1. The lowest BCUT2D eigenvalue weighted by Crippen LogP contribution is -2.45. The summed E-state index contributed by atoms with van der Waals surface area (Å²) >= 11 is 0. The molecule has 0 radical (unpaired) electrons. The summed E-state index contributed by atoms with van der Waals surface area (Å²) in [6.45, 7) is 1.04. The van der Waals surface area contributed by atoms with Crippen LogP contribution in [0.2, 0.25) is 0 Å². The number of rotatable bonds is 4. The SMILES string of the molecule is N#CC1(c2ccccc2)CCN(C(=O)CC[C@@H]2NC(=O)NC2=O)CC1. The maximum atomic E-state index is 12.4. The number of hydrogen-bond donors (Lipinski definition) is 2. The van der Waals surface area contributed by atoms with E-state index >= 15 is 0 Å². The van der Waals surface area contributed by atoms with Crippen LogP contribution in [0.25, 0.3) is 0 Å². The third kappa shape index (κ3) is 3.48. The number of likely N-dealkylation sites (tertiary alicyclic amines) is 1. The average molecular weight is 340 g/mol. The number of carbonyl (C=O) groups excluding carboxylic acids is 3. The molecule has 25 heavy (non-hydrogen) atoms. The molecule has 2 saturated heterocycles. The van der Waals surface area contributed by atoms with Gasteiger partial charge in [-0.05, 0) is 24.8 Å². The molecule has 2 aliphatic rings. The standard InChI is InChI=1S/C18H20N4O3/c19-12-18(13-4-2-1-3-5-13)8-10-22(11-9-18)15(23)7-6-14-16(24)21-17(25)20-14/h1-5,14H,6-11H2,(H2,20,21,24,25)/t14-/m0/s1. The number of hydrogen-bond acceptors (Lipinski definition) is 4. The molecule has 0 unspecified atom stereocenters. The largest absolute Gasteiger partial charge is 0.343 e. The predicted octanol–water partition coefficient (Wildman–Crippen LogP) is 1.06. The lowest BCUT2D eigenvalue weighted by molar-refractivity contribution is -0.132. The first kappa shape index (κ1) is 17.0. The van der Waals surface area contributed by atoms with Crippen molar-refractivity contribution in [1.29, 1.82) is 5.26 Å². The molecule has 0 saturated carbocycles. The Bertz CT molecular complexity index is 718. The van der Waals surface area contributed by atoms with Crippen molar-refractivity contribution < 1.29 is 14.4 Å². The second-order valence-corrected chi connectivity index (χ2v) is 6.49. The van der Waals surface area contributed by atoms with Crippen molar-refractivity contribution >= 4 is 17.8 Å². The summed E-state index contributed by atoms with van der Waals surface area (Å²) in [4.78, 5) is 36.7. The molecule has 2 fully saturated rings. The zero-order valence-corrected chi connectivity index (χ0v) is 13.8. The number of carbonyl (C=O) groups is 3. The number of amides is 4. The second-order valence-electron chi connectivity index (χ2n) is 6.49. The summed E-state index contributed by atoms with van der Waals surface area (Å²) in [5.74, 6) is -0.433. The van der Waals surface area contributed by atoms with E-state index in [4.69, 9.17) is 0 Å². The van der Waals surface area contributed by atoms with Gasteiger partial charge in [0.25, 0.3) is 5.91 Å². The van der Waals surface area contributed by atoms with E-state index in [1.165, 1.54) is 0 Å². The van der Waals surface area contributed by atoms with Gasteiger partial charge in [0.05, 0.1) is 11.5 Å². The minimum atomic E-state index is -0.635. The smallest absolute Gasteiger partial charge is 0.322 e. The molecule has 2 heterocycles. The van der Waals surface area contributed by atoms with Crippen LogP contribution in [0.1, 0.15) is 31.2 Å². The van der Waals surface area contributed by atoms with Crippen LogP contribution in [-0.2, 0) is 15.0 Å². The molecule has 1 atom stereocenters. The molecule has 130 valence electrons. The summed E-state index contributed by atoms with van der Waals surface area (Å²) < 4.78 is 0. The minimum absolute atomic E-state index is 0.0476. The highest BCUT2D eigenvalue weighted by atomic mass is 16.2. The number of imide groups is 1. The van der Waals surface area contributed by atoms with Crippen molar-refractivity contribution in [2.75, 3.05) is 13.1 Å². The van der Waals surface area contributed by atoms with Gasteiger partial charge in [0.1, 0.15) is 6.04 Å². The van der Waals surface area contributed by atoms with E-state index in [-0.39, 0.29) is 24.7 Å². The van der Waals surface area contributed by atoms with E-state index in [1.807, 2.05) is 30.3 Å². The van der Waals surface area contributed by atoms with Crippen LogP contribution in [0.3, 0.4) is 0 Å². The molecular weight excluding hydrogens is 320 g/mol. The molecule has 7 nitrogen and oxygen atoms in total. The van der Waals surface area contributed by atoms with Crippen molar-refractivity contribution in [2.45, 2.75) is 37.1 Å². The molecule has 0 spiro atoms. The fourth-order valence-corrected chi connectivity index (χ4v) is 3.45. The maximum absolute atomic E-state index is 12.4. The molecule has 0 bridgehead atoms. The zero-order chi connectivity index (χ0) is 17.9. The quantitative estimate of drug-likeness (QED) is 0.800. The maximum Gasteiger partial charge on any atom is 0.322 e. The van der Waals surface area contributed by atoms with E-state index in [9.17, 15) is 19.6 Å². The number of nitrogens with zero attached hydrogens (tertiary/aromatic N) is 2. The summed E-state index contributed by atoms with van der Waals surface area (Å²) in [5, 5.41) is 14.3. The normalized spacial score (nSPS) is 22.0. The summed E-state index contributed by atoms with van der Waals surface area (Å²) in [5.41, 5.74) is 0.451. The average Bonchev–Trinajstić information content (AvgIpc) is 2.97. The summed E-state index contributed by atoms with van der Waals surface area (Å²) in [6.07, 6.45) is 1.68. The van der Waals surface area contributed by atoms with Crippen LogP contribution in [0.5, 0.6) is 0 Å². The van der Waals surface area contributed by atoms with Crippen LogP contribution >= 0.6 is 0 Å². The third-order valence-corrected chi connectivity index (χ3v) is 5.02. The minimum Gasteiger partial charge on any atom is -0.343 e. The molecule has 2 aliphatic heterocycles. The first-order valence-corrected chi connectivity index (χ1v) is 8.40. The van der Waals surface area contributed by atoms with Crippen LogP contribution < -0.4 is 10.6 Å². The van der Waals surface area contributed by atoms with Gasteiger partial charge in [0.2, 0.25) is 5.91 Å². The van der Waals surface area contributed by atoms with Crippen molar-refractivity contribution in [3.05, 3.63) is 35.9 Å². The molecule has 1 aromatic carbocycles. The van der Waals surface area contributed by atoms with Gasteiger partial charge < -0.3 is 10.2 Å². The van der Waals surface area contributed by atoms with Crippen molar-refractivity contribution in [1.82, 2.24) is 15.5 Å². The Morgan fingerprint density at radius 1 is 1.24 bits per heavy atom. The third-order valence-electron chi connectivity index (χ3n) is 5.02. The highest BCUT2D eigenvalue weighted by molar-refractivity contribution is 6.04. The number of nitrogens with one attached hydrogen (secondary N) is 2. The number of urea groups is 1. The highest BCUT2D eigenvalue weighted by Gasteiger charge is 2.38. The Kier molecular flexibility index (Phi) is 4.70. The monoisotopic (exact) mass is 340 g/mol. The Labute approximate surface area is 146 Å². The summed E-state index contributed by atoms with van der Waals surface area (Å²) in [7, 11) is 0. The van der Waals surface area contributed by atoms with Gasteiger partial charge in [-0.3, -0.25) is 14.9 Å². The fraction of sp³-hybridized carbons (Fsp3) is 0.444. The number of nitriles is 1. The Balaban J connectivity index is 1.55. The van der Waals surface area contributed by atoms with E-state index in [1.54, 1.807) is 4.90 Å². The summed E-state index contributed by atoms with van der Waals surface area (Å²) in [6, 6.07) is 11.0. The molecular formula is C18H20N4O3. The molecule has 3 rings (SSSR count). The van der Waals surface area contributed by atoms with Gasteiger partial charge in [-0.25, -0.2) is 4.79 Å². The molecule has 0 aromatic heterocycles. The van der Waals surface area contributed by atoms with Gasteiger partial charge >= 0.3 is 6.03 Å². The van der Waals surface area contributed by atoms with Crippen LogP contribution in [0.15, 0.2) is 30.3 Å². The molecule has 4 amide bonds. The zero-order valence-electron chi connectivity index (χ0n) is 13.8. The lowest BCUT2D eigenvalue weighted by Gasteiger charge is -2.37. The number of benzene rings is 1. The van der Waals surface area contributed by atoms with Crippen molar-refractivity contribution in [2.24, 2.45) is 0 Å². The van der Waals surface area contributed by atoms with Gasteiger partial charge in [0.15, 0.2) is 0 Å². The van der Waals surface area contributed by atoms with Gasteiger partial charge in [-0.2, -0.15) is 5.26 Å². The molecule has 0 aliphatic carbocycles. The van der Waals surface area contributed by atoms with E-state index in [0.29, 0.717) is 25.9 Å². The van der Waals surface area contributed by atoms with Crippen LogP contribution in [-0.4, -0.2) is 41.9 Å². The van der Waals surface area contributed by atoms with E-state index in [0.717, 1.165) is 5.56 Å². The molecule has 7 heteroatoms. The van der Waals surface area contributed by atoms with Crippen molar-refractivity contribution in [3.63, 3.8) is 0 Å². The molecule has 1 aromatic rings. The first-order valence-electron chi connectivity index (χ1n) is 8.40. The van der Waals surface area contributed by atoms with E-state index < -0.39 is 17.5 Å². The predicted molar refractivity (Wildman–Crippen MR) is 89.2 cm³/mol. The molecule has 2 N–H and O–H groups in total. The van der Waals surface area contributed by atoms with Crippen LogP contribution in [0.4, 0.5) is 4.79 Å². The van der Waals surface area contributed by atoms with Gasteiger partial charge in [-0.15, -0.1) is 0 Å². The highest BCUT2D eigenvalue weighted by Crippen LogP contribution is 2.35.